The van der Waals surface area contributed by atoms with Gasteiger partial charge in [-0.15, -0.1) is 0 Å². The average Bonchev–Trinajstić information content (AvgIpc) is 3.01. The van der Waals surface area contributed by atoms with Crippen molar-refractivity contribution in [3.05, 3.63) is 29.8 Å². The van der Waals surface area contributed by atoms with E-state index in [-0.39, 0.29) is 22.2 Å². The van der Waals surface area contributed by atoms with Gasteiger partial charge in [0.2, 0.25) is 0 Å². The Bertz CT molecular complexity index is 638. The molecule has 7 nitrogen and oxygen atoms in total. The second-order valence-corrected chi connectivity index (χ2v) is 5.29. The maximum absolute atomic E-state index is 12.3. The molecule has 116 valence electrons. The zero-order chi connectivity index (χ0) is 16.1. The van der Waals surface area contributed by atoms with Crippen LogP contribution in [0.25, 0.3) is 0 Å². The Labute approximate surface area is 133 Å². The molecule has 0 spiro atoms. The molecular weight excluding hydrogens is 302 g/mol. The molecule has 22 heavy (non-hydrogen) atoms. The van der Waals surface area contributed by atoms with Gasteiger partial charge in [0.1, 0.15) is 4.99 Å². The molecule has 0 bridgehead atoms. The fourth-order valence-electron chi connectivity index (χ4n) is 2.19. The Morgan fingerprint density at radius 3 is 2.41 bits per heavy atom. The Hall–Kier alpha value is -2.48. The number of hydrogen-bond donors (Lipinski definition) is 3. The lowest BCUT2D eigenvalue weighted by atomic mass is 10.2. The van der Waals surface area contributed by atoms with Crippen molar-refractivity contribution in [1.82, 2.24) is 4.90 Å². The Morgan fingerprint density at radius 1 is 1.18 bits per heavy atom. The number of rotatable bonds is 5. The number of para-hydroxylation sites is 1. The molecule has 1 heterocycles. The van der Waals surface area contributed by atoms with Gasteiger partial charge in [0, 0.05) is 13.1 Å². The molecule has 5 N–H and O–H groups in total. The number of anilines is 1. The molecule has 8 heteroatoms. The number of carbonyl (C=O) groups is 2. The van der Waals surface area contributed by atoms with Gasteiger partial charge >= 0.3 is 0 Å². The third kappa shape index (κ3) is 3.59. The summed E-state index contributed by atoms with van der Waals surface area (Å²) in [6.45, 7) is 1.33. The molecule has 0 radical (unpaired) electrons. The summed E-state index contributed by atoms with van der Waals surface area (Å²) in [5.74, 6) is -0.907. The molecule has 1 aromatic rings. The predicted octanol–water partition coefficient (Wildman–Crippen LogP) is 0.462. The van der Waals surface area contributed by atoms with Gasteiger partial charge in [-0.05, 0) is 25.0 Å². The van der Waals surface area contributed by atoms with Crippen LogP contribution in [-0.4, -0.2) is 40.5 Å². The van der Waals surface area contributed by atoms with E-state index >= 15 is 0 Å². The fraction of sp³-hybridized carbons (Fsp3) is 0.286. The fourth-order valence-corrected chi connectivity index (χ4v) is 2.32. The van der Waals surface area contributed by atoms with Gasteiger partial charge in [-0.1, -0.05) is 24.4 Å². The van der Waals surface area contributed by atoms with Crippen molar-refractivity contribution < 1.29 is 9.59 Å². The van der Waals surface area contributed by atoms with E-state index in [0.717, 1.165) is 12.8 Å². The number of hydrogen-bond acceptors (Lipinski definition) is 5. The number of hydrazone groups is 1. The lowest BCUT2D eigenvalue weighted by molar-refractivity contribution is -0.122. The van der Waals surface area contributed by atoms with Gasteiger partial charge in [0.05, 0.1) is 11.3 Å². The van der Waals surface area contributed by atoms with E-state index in [2.05, 4.69) is 10.5 Å². The molecular formula is C14H17N5O2S. The minimum absolute atomic E-state index is 0.0313. The van der Waals surface area contributed by atoms with Crippen molar-refractivity contribution in [2.75, 3.05) is 18.5 Å². The van der Waals surface area contributed by atoms with Gasteiger partial charge in [-0.2, -0.15) is 5.10 Å². The van der Waals surface area contributed by atoms with Crippen LogP contribution in [-0.2, 0) is 4.79 Å². The highest BCUT2D eigenvalue weighted by Crippen LogP contribution is 2.14. The van der Waals surface area contributed by atoms with Gasteiger partial charge in [0.25, 0.3) is 11.8 Å². The normalized spacial score (nSPS) is 14.7. The van der Waals surface area contributed by atoms with E-state index in [0.29, 0.717) is 18.8 Å². The van der Waals surface area contributed by atoms with E-state index in [1.54, 1.807) is 29.2 Å². The summed E-state index contributed by atoms with van der Waals surface area (Å²) in [5.41, 5.74) is 14.1. The van der Waals surface area contributed by atoms with E-state index in [4.69, 9.17) is 23.7 Å². The van der Waals surface area contributed by atoms with Crippen molar-refractivity contribution in [2.45, 2.75) is 12.8 Å². The minimum atomic E-state index is -0.596. The third-order valence-electron chi connectivity index (χ3n) is 3.31. The van der Waals surface area contributed by atoms with E-state index in [9.17, 15) is 9.59 Å². The van der Waals surface area contributed by atoms with Gasteiger partial charge in [0.15, 0.2) is 5.71 Å². The largest absolute Gasteiger partial charge is 0.388 e. The monoisotopic (exact) mass is 319 g/mol. The lowest BCUT2D eigenvalue weighted by Gasteiger charge is -2.16. The molecule has 1 fully saturated rings. The summed E-state index contributed by atoms with van der Waals surface area (Å²) in [6.07, 6.45) is 1.91. The average molecular weight is 319 g/mol. The highest BCUT2D eigenvalue weighted by atomic mass is 32.1. The van der Waals surface area contributed by atoms with E-state index < -0.39 is 5.91 Å². The first-order valence-electron chi connectivity index (χ1n) is 6.82. The van der Waals surface area contributed by atoms with Crippen molar-refractivity contribution in [2.24, 2.45) is 16.6 Å². The first-order chi connectivity index (χ1) is 10.5. The Kier molecular flexibility index (Phi) is 5.05. The summed E-state index contributed by atoms with van der Waals surface area (Å²) in [6, 6.07) is 6.58. The van der Waals surface area contributed by atoms with Crippen LogP contribution in [0.4, 0.5) is 5.69 Å². The highest BCUT2D eigenvalue weighted by Gasteiger charge is 2.24. The molecule has 0 aliphatic carbocycles. The molecule has 2 rings (SSSR count). The van der Waals surface area contributed by atoms with Crippen molar-refractivity contribution in [1.29, 1.82) is 0 Å². The van der Waals surface area contributed by atoms with Gasteiger partial charge < -0.3 is 16.4 Å². The summed E-state index contributed by atoms with van der Waals surface area (Å²) >= 11 is 4.90. The molecule has 1 aromatic carbocycles. The third-order valence-corrected chi connectivity index (χ3v) is 3.50. The van der Waals surface area contributed by atoms with Crippen LogP contribution in [0.3, 0.4) is 0 Å². The SMILES string of the molecule is NC(=O)c1ccccc1N/N=C(\C(=O)N1CCCC1)C(N)=S. The number of nitrogens with one attached hydrogen (secondary N) is 1. The minimum Gasteiger partial charge on any atom is -0.388 e. The zero-order valence-corrected chi connectivity index (χ0v) is 12.7. The molecule has 2 amide bonds. The van der Waals surface area contributed by atoms with Crippen LogP contribution < -0.4 is 16.9 Å². The molecule has 1 aliphatic rings. The Morgan fingerprint density at radius 2 is 1.82 bits per heavy atom. The number of nitrogens with zero attached hydrogens (tertiary/aromatic N) is 2. The number of benzene rings is 1. The summed E-state index contributed by atoms with van der Waals surface area (Å²) in [4.78, 5) is 25.2. The van der Waals surface area contributed by atoms with Crippen LogP contribution in [0.2, 0.25) is 0 Å². The van der Waals surface area contributed by atoms with Gasteiger partial charge in [-0.25, -0.2) is 0 Å². The number of nitrogens with two attached hydrogens (primary N) is 2. The van der Waals surface area contributed by atoms with Crippen LogP contribution in [0.1, 0.15) is 23.2 Å². The number of carbonyl (C=O) groups excluding carboxylic acids is 2. The molecule has 1 aliphatic heterocycles. The highest BCUT2D eigenvalue weighted by molar-refractivity contribution is 7.82. The molecule has 0 atom stereocenters. The van der Waals surface area contributed by atoms with Crippen LogP contribution in [0, 0.1) is 0 Å². The molecule has 0 unspecified atom stereocenters. The molecule has 0 aromatic heterocycles. The number of primary amides is 1. The topological polar surface area (TPSA) is 114 Å². The van der Waals surface area contributed by atoms with Crippen LogP contribution in [0.5, 0.6) is 0 Å². The molecule has 1 saturated heterocycles. The van der Waals surface area contributed by atoms with Crippen LogP contribution >= 0.6 is 12.2 Å². The Balaban J connectivity index is 2.23. The number of likely N-dealkylation sites (tertiary alicyclic amines) is 1. The maximum Gasteiger partial charge on any atom is 0.277 e. The van der Waals surface area contributed by atoms with Crippen molar-refractivity contribution in [3.63, 3.8) is 0 Å². The lowest BCUT2D eigenvalue weighted by Crippen LogP contribution is -2.40. The standard InChI is InChI=1S/C14H17N5O2S/c15-12(20)9-5-1-2-6-10(9)17-18-11(13(16)22)14(21)19-7-3-4-8-19/h1-2,5-6,17H,3-4,7-8H2,(H2,15,20)(H2,16,22)/b18-11-. The smallest absolute Gasteiger partial charge is 0.277 e. The number of amides is 2. The summed E-state index contributed by atoms with van der Waals surface area (Å²) in [5, 5.41) is 3.98. The number of thiocarbonyl (C=S) groups is 1. The van der Waals surface area contributed by atoms with Gasteiger partial charge in [-0.3, -0.25) is 15.0 Å². The first-order valence-corrected chi connectivity index (χ1v) is 7.23. The second kappa shape index (κ2) is 6.99. The quantitative estimate of drug-likeness (QED) is 0.414. The van der Waals surface area contributed by atoms with E-state index in [1.807, 2.05) is 0 Å². The van der Waals surface area contributed by atoms with E-state index in [1.165, 1.54) is 0 Å². The second-order valence-electron chi connectivity index (χ2n) is 4.85. The van der Waals surface area contributed by atoms with Crippen LogP contribution in [0.15, 0.2) is 29.4 Å². The summed E-state index contributed by atoms with van der Waals surface area (Å²) in [7, 11) is 0. The first kappa shape index (κ1) is 15.9. The summed E-state index contributed by atoms with van der Waals surface area (Å²) < 4.78 is 0. The van der Waals surface area contributed by atoms with Crippen molar-refractivity contribution >= 4 is 40.4 Å². The maximum atomic E-state index is 12.3. The zero-order valence-electron chi connectivity index (χ0n) is 11.9. The predicted molar refractivity (Wildman–Crippen MR) is 88.6 cm³/mol. The van der Waals surface area contributed by atoms with Crippen molar-refractivity contribution in [3.8, 4) is 0 Å². The molecule has 0 saturated carbocycles.